The van der Waals surface area contributed by atoms with E-state index in [1.54, 1.807) is 0 Å². The van der Waals surface area contributed by atoms with Gasteiger partial charge in [-0.1, -0.05) is 27.7 Å². The van der Waals surface area contributed by atoms with E-state index < -0.39 is 5.54 Å². The van der Waals surface area contributed by atoms with E-state index in [1.165, 1.54) is 0 Å². The molecule has 0 aromatic carbocycles. The summed E-state index contributed by atoms with van der Waals surface area (Å²) < 4.78 is 0. The van der Waals surface area contributed by atoms with Gasteiger partial charge in [0.15, 0.2) is 0 Å². The van der Waals surface area contributed by atoms with Crippen LogP contribution in [0.5, 0.6) is 0 Å². The average molecular weight is 210 g/mol. The number of amides is 1. The maximum absolute atomic E-state index is 11.8. The second-order valence-corrected chi connectivity index (χ2v) is 3.90. The highest BCUT2D eigenvalue weighted by molar-refractivity contribution is 5.79. The molecule has 0 unspecified atom stereocenters. The minimum absolute atomic E-state index is 0.0188. The molecule has 1 N–H and O–H groups in total. The van der Waals surface area contributed by atoms with Gasteiger partial charge in [-0.05, 0) is 25.7 Å². The van der Waals surface area contributed by atoms with E-state index in [4.69, 9.17) is 5.26 Å². The van der Waals surface area contributed by atoms with Crippen LogP contribution in [0, 0.1) is 17.2 Å². The minimum Gasteiger partial charge on any atom is -0.338 e. The van der Waals surface area contributed by atoms with Gasteiger partial charge in [-0.2, -0.15) is 5.26 Å². The van der Waals surface area contributed by atoms with Crippen molar-refractivity contribution in [1.82, 2.24) is 5.32 Å². The topological polar surface area (TPSA) is 52.9 Å². The fourth-order valence-electron chi connectivity index (χ4n) is 1.61. The summed E-state index contributed by atoms with van der Waals surface area (Å²) in [4.78, 5) is 11.8. The van der Waals surface area contributed by atoms with Crippen molar-refractivity contribution in [3.63, 3.8) is 0 Å². The smallest absolute Gasteiger partial charge is 0.224 e. The zero-order valence-corrected chi connectivity index (χ0v) is 10.3. The number of nitrogens with one attached hydrogen (secondary N) is 1. The van der Waals surface area contributed by atoms with Crippen LogP contribution in [0.3, 0.4) is 0 Å². The molecule has 0 saturated carbocycles. The largest absolute Gasteiger partial charge is 0.338 e. The average Bonchev–Trinajstić information content (AvgIpc) is 2.28. The summed E-state index contributed by atoms with van der Waals surface area (Å²) >= 11 is 0. The molecule has 0 radical (unpaired) electrons. The van der Waals surface area contributed by atoms with Crippen LogP contribution in [-0.2, 0) is 4.79 Å². The molecule has 0 rings (SSSR count). The van der Waals surface area contributed by atoms with Crippen LogP contribution in [0.25, 0.3) is 0 Å². The van der Waals surface area contributed by atoms with E-state index in [-0.39, 0.29) is 11.8 Å². The zero-order valence-electron chi connectivity index (χ0n) is 10.3. The second-order valence-electron chi connectivity index (χ2n) is 3.90. The maximum Gasteiger partial charge on any atom is 0.224 e. The van der Waals surface area contributed by atoms with Gasteiger partial charge in [0.2, 0.25) is 5.91 Å². The van der Waals surface area contributed by atoms with Gasteiger partial charge in [-0.3, -0.25) is 4.79 Å². The predicted molar refractivity (Wildman–Crippen MR) is 61.1 cm³/mol. The van der Waals surface area contributed by atoms with Gasteiger partial charge in [-0.15, -0.1) is 0 Å². The Bertz CT molecular complexity index is 234. The van der Waals surface area contributed by atoms with Crippen LogP contribution >= 0.6 is 0 Å². The van der Waals surface area contributed by atoms with E-state index in [0.717, 1.165) is 12.8 Å². The van der Waals surface area contributed by atoms with Gasteiger partial charge < -0.3 is 5.32 Å². The van der Waals surface area contributed by atoms with E-state index in [0.29, 0.717) is 12.8 Å². The van der Waals surface area contributed by atoms with Crippen molar-refractivity contribution >= 4 is 5.91 Å². The number of nitriles is 1. The molecule has 0 bridgehead atoms. The first kappa shape index (κ1) is 14.0. The molecule has 0 aromatic rings. The Balaban J connectivity index is 4.56. The van der Waals surface area contributed by atoms with Crippen molar-refractivity contribution in [1.29, 1.82) is 5.26 Å². The normalized spacial score (nSPS) is 11.2. The lowest BCUT2D eigenvalue weighted by atomic mass is 9.92. The van der Waals surface area contributed by atoms with Gasteiger partial charge in [0.25, 0.3) is 0 Å². The number of rotatable bonds is 6. The highest BCUT2D eigenvalue weighted by atomic mass is 16.2. The lowest BCUT2D eigenvalue weighted by Gasteiger charge is -2.27. The van der Waals surface area contributed by atoms with Crippen LogP contribution in [0.15, 0.2) is 0 Å². The van der Waals surface area contributed by atoms with Gasteiger partial charge in [0, 0.05) is 5.92 Å². The van der Waals surface area contributed by atoms with Crippen LogP contribution < -0.4 is 5.32 Å². The fraction of sp³-hybridized carbons (Fsp3) is 0.833. The summed E-state index contributed by atoms with van der Waals surface area (Å²) in [5, 5.41) is 12.0. The third-order valence-corrected chi connectivity index (χ3v) is 3.14. The Morgan fingerprint density at radius 2 is 1.73 bits per heavy atom. The summed E-state index contributed by atoms with van der Waals surface area (Å²) in [6.07, 6.45) is 2.98. The van der Waals surface area contributed by atoms with E-state index in [2.05, 4.69) is 11.4 Å². The van der Waals surface area contributed by atoms with Crippen molar-refractivity contribution in [2.75, 3.05) is 0 Å². The van der Waals surface area contributed by atoms with Gasteiger partial charge in [0.05, 0.1) is 6.07 Å². The fourth-order valence-corrected chi connectivity index (χ4v) is 1.61. The Labute approximate surface area is 92.9 Å². The number of nitrogens with zero attached hydrogens (tertiary/aromatic N) is 1. The maximum atomic E-state index is 11.8. The molecule has 0 fully saturated rings. The number of carbonyl (C=O) groups excluding carboxylic acids is 1. The standard InChI is InChI=1S/C12H22N2O/c1-5-10(6-2)11(15)14-12(7-3,8-4)9-13/h10H,5-8H2,1-4H3,(H,14,15). The van der Waals surface area contributed by atoms with E-state index in [9.17, 15) is 4.79 Å². The first-order valence-electron chi connectivity index (χ1n) is 5.82. The molecule has 0 aromatic heterocycles. The number of hydrogen-bond acceptors (Lipinski definition) is 2. The molecule has 0 aliphatic carbocycles. The lowest BCUT2D eigenvalue weighted by Crippen LogP contribution is -2.48. The molecular formula is C12H22N2O. The summed E-state index contributed by atoms with van der Waals surface area (Å²) in [5.41, 5.74) is -0.667. The first-order chi connectivity index (χ1) is 7.09. The molecule has 0 aliphatic heterocycles. The molecule has 0 spiro atoms. The zero-order chi connectivity index (χ0) is 11.9. The van der Waals surface area contributed by atoms with Gasteiger partial charge in [0.1, 0.15) is 5.54 Å². The quantitative estimate of drug-likeness (QED) is 0.732. The molecule has 0 aliphatic rings. The molecule has 0 atom stereocenters. The van der Waals surface area contributed by atoms with Gasteiger partial charge >= 0.3 is 0 Å². The number of hydrogen-bond donors (Lipinski definition) is 1. The Morgan fingerprint density at radius 3 is 2.00 bits per heavy atom. The van der Waals surface area contributed by atoms with Crippen molar-refractivity contribution in [2.24, 2.45) is 5.92 Å². The van der Waals surface area contributed by atoms with E-state index in [1.807, 2.05) is 27.7 Å². The third kappa shape index (κ3) is 3.54. The monoisotopic (exact) mass is 210 g/mol. The highest BCUT2D eigenvalue weighted by Gasteiger charge is 2.29. The molecule has 0 saturated heterocycles. The van der Waals surface area contributed by atoms with Crippen molar-refractivity contribution in [3.05, 3.63) is 0 Å². The SMILES string of the molecule is CCC(CC)C(=O)NC(C#N)(CC)CC. The van der Waals surface area contributed by atoms with Crippen molar-refractivity contribution in [2.45, 2.75) is 58.9 Å². The first-order valence-corrected chi connectivity index (χ1v) is 5.82. The minimum atomic E-state index is -0.667. The van der Waals surface area contributed by atoms with Crippen molar-refractivity contribution < 1.29 is 4.79 Å². The van der Waals surface area contributed by atoms with E-state index >= 15 is 0 Å². The summed E-state index contributed by atoms with van der Waals surface area (Å²) in [5.74, 6) is 0.0566. The van der Waals surface area contributed by atoms with Crippen LogP contribution in [-0.4, -0.2) is 11.4 Å². The summed E-state index contributed by atoms with van der Waals surface area (Å²) in [6, 6.07) is 2.22. The Kier molecular flexibility index (Phi) is 6.00. The molecule has 1 amide bonds. The Morgan fingerprint density at radius 1 is 1.27 bits per heavy atom. The van der Waals surface area contributed by atoms with Crippen LogP contribution in [0.4, 0.5) is 0 Å². The van der Waals surface area contributed by atoms with Crippen LogP contribution in [0.1, 0.15) is 53.4 Å². The summed E-state index contributed by atoms with van der Waals surface area (Å²) in [6.45, 7) is 7.86. The van der Waals surface area contributed by atoms with Crippen molar-refractivity contribution in [3.8, 4) is 6.07 Å². The molecule has 86 valence electrons. The lowest BCUT2D eigenvalue weighted by molar-refractivity contribution is -0.126. The predicted octanol–water partition coefficient (Wildman–Crippen LogP) is 2.62. The second kappa shape index (κ2) is 6.44. The molecule has 3 heteroatoms. The molecule has 15 heavy (non-hydrogen) atoms. The Hall–Kier alpha value is -1.04. The molecule has 0 heterocycles. The van der Waals surface area contributed by atoms with Gasteiger partial charge in [-0.25, -0.2) is 0 Å². The summed E-state index contributed by atoms with van der Waals surface area (Å²) in [7, 11) is 0. The molecule has 3 nitrogen and oxygen atoms in total. The highest BCUT2D eigenvalue weighted by Crippen LogP contribution is 2.16. The number of carbonyl (C=O) groups is 1. The molecular weight excluding hydrogens is 188 g/mol. The van der Waals surface area contributed by atoms with Crippen LogP contribution in [0.2, 0.25) is 0 Å². The third-order valence-electron chi connectivity index (χ3n) is 3.14.